The van der Waals surface area contributed by atoms with Gasteiger partial charge >= 0.3 is 17.9 Å². The number of aromatic nitrogens is 1. The molecule has 12 nitrogen and oxygen atoms in total. The molecule has 0 aromatic carbocycles. The Morgan fingerprint density at radius 1 is 1.21 bits per heavy atom. The summed E-state index contributed by atoms with van der Waals surface area (Å²) in [6.07, 6.45) is 7.22. The molecule has 2 aliphatic rings. The Balaban J connectivity index is 0.000000782. The van der Waals surface area contributed by atoms with E-state index in [4.69, 9.17) is 15.2 Å². The number of allylic oxidation sites excluding steroid dienone is 2. The predicted molar refractivity (Wildman–Crippen MR) is 158 cm³/mol. The fraction of sp³-hybridized carbons (Fsp3) is 0.600. The van der Waals surface area contributed by atoms with Crippen molar-refractivity contribution in [1.82, 2.24) is 20.1 Å². The van der Waals surface area contributed by atoms with Crippen molar-refractivity contribution in [2.24, 2.45) is 16.6 Å². The number of carbonyl (C=O) groups is 3. The number of aliphatic hydroxyl groups is 1. The summed E-state index contributed by atoms with van der Waals surface area (Å²) in [7, 11) is 6.10. The molecule has 12 heteroatoms. The molecule has 0 radical (unpaired) electrons. The van der Waals surface area contributed by atoms with Crippen molar-refractivity contribution in [2.45, 2.75) is 50.4 Å². The minimum absolute atomic E-state index is 0.0976. The van der Waals surface area contributed by atoms with Gasteiger partial charge in [0.15, 0.2) is 0 Å². The minimum Gasteiger partial charge on any atom is -0.480 e. The van der Waals surface area contributed by atoms with Gasteiger partial charge in [-0.2, -0.15) is 0 Å². The highest BCUT2D eigenvalue weighted by molar-refractivity contribution is 5.86. The zero-order valence-electron chi connectivity index (χ0n) is 25.4. The van der Waals surface area contributed by atoms with Crippen molar-refractivity contribution in [2.75, 3.05) is 54.5 Å². The van der Waals surface area contributed by atoms with E-state index in [1.165, 1.54) is 14.2 Å². The molecule has 42 heavy (non-hydrogen) atoms. The number of aliphatic hydroxyl groups excluding tert-OH is 1. The number of hydrogen-bond donors (Lipinski definition) is 4. The molecule has 2 fully saturated rings. The number of unbranched alkanes of at least 4 members (excludes halogenated alkanes) is 1. The van der Waals surface area contributed by atoms with Gasteiger partial charge in [0.05, 0.1) is 32.1 Å². The number of rotatable bonds is 12. The van der Waals surface area contributed by atoms with E-state index in [1.54, 1.807) is 49.3 Å². The number of methoxy groups -OCH3 is 2. The number of hydrogen-bond acceptors (Lipinski definition) is 11. The Bertz CT molecular complexity index is 1090. The zero-order chi connectivity index (χ0) is 31.5. The first kappa shape index (κ1) is 35.0. The van der Waals surface area contributed by atoms with E-state index in [1.807, 2.05) is 24.1 Å². The fourth-order valence-electron chi connectivity index (χ4n) is 6.38. The number of esters is 2. The van der Waals surface area contributed by atoms with Gasteiger partial charge in [0.2, 0.25) is 0 Å². The molecule has 2 bridgehead atoms. The van der Waals surface area contributed by atoms with Gasteiger partial charge in [0, 0.05) is 31.9 Å². The lowest BCUT2D eigenvalue weighted by Gasteiger charge is -2.64. The van der Waals surface area contributed by atoms with Crippen LogP contribution in [0.4, 0.5) is 0 Å². The maximum Gasteiger partial charge on any atom is 0.320 e. The number of aliphatic carboxylic acids is 1. The summed E-state index contributed by atoms with van der Waals surface area (Å²) in [6.45, 7) is 6.39. The summed E-state index contributed by atoms with van der Waals surface area (Å²) >= 11 is 0. The Morgan fingerprint density at radius 2 is 1.86 bits per heavy atom. The monoisotopic (exact) mass is 589 g/mol. The molecular weight excluding hydrogens is 542 g/mol. The summed E-state index contributed by atoms with van der Waals surface area (Å²) in [5.74, 6) is -2.54. The first-order chi connectivity index (χ1) is 20.0. The van der Waals surface area contributed by atoms with Crippen molar-refractivity contribution in [3.05, 3.63) is 54.9 Å². The van der Waals surface area contributed by atoms with Crippen LogP contribution in [0.25, 0.3) is 0 Å². The molecule has 3 rings (SSSR count). The van der Waals surface area contributed by atoms with Gasteiger partial charge in [-0.3, -0.25) is 29.2 Å². The van der Waals surface area contributed by atoms with Crippen LogP contribution in [-0.2, 0) is 23.9 Å². The molecular formula is C30H47N5O7. The van der Waals surface area contributed by atoms with Crippen LogP contribution in [0, 0.1) is 10.8 Å². The molecule has 0 aliphatic carbocycles. The third-order valence-corrected chi connectivity index (χ3v) is 8.51. The van der Waals surface area contributed by atoms with Gasteiger partial charge in [-0.15, -0.1) is 0 Å². The standard InChI is InChI=1S/C24H36N4O7.C6H11N/c1-15-23(21(32)34-3)13-28(17(19(29)30)10-5-7-11-25)14-24(20(23)31,22(33)35-4)18(27(15)2)16-9-6-8-12-26-16;1-3-4-5-6-7-2/h6,8-9,12,15,17-18,20,31H,5,7,10-11,13-14,25H2,1-4H3,(H,29,30);3-5,7H,1,6H2,2H3/b;5-4-/t15-,17?,18+,20-,23?,24?;/m0./s1. The van der Waals surface area contributed by atoms with E-state index in [0.29, 0.717) is 25.1 Å². The molecule has 3 heterocycles. The number of likely N-dealkylation sites (tertiary alicyclic amines) is 2. The topological polar surface area (TPSA) is 168 Å². The molecule has 1 aromatic heterocycles. The van der Waals surface area contributed by atoms with E-state index < -0.39 is 53.0 Å². The van der Waals surface area contributed by atoms with E-state index in [-0.39, 0.29) is 19.5 Å². The number of likely N-dealkylation sites (N-methyl/N-ethyl adjacent to an activating group) is 1. The van der Waals surface area contributed by atoms with E-state index in [2.05, 4.69) is 16.9 Å². The van der Waals surface area contributed by atoms with E-state index in [9.17, 15) is 24.6 Å². The Morgan fingerprint density at radius 3 is 2.38 bits per heavy atom. The van der Waals surface area contributed by atoms with Gasteiger partial charge in [-0.05, 0) is 52.5 Å². The number of carbonyl (C=O) groups excluding carboxylic acids is 2. The highest BCUT2D eigenvalue weighted by Crippen LogP contribution is 2.58. The lowest BCUT2D eigenvalue weighted by molar-refractivity contribution is -0.248. The average Bonchev–Trinajstić information content (AvgIpc) is 2.99. The predicted octanol–water partition coefficient (Wildman–Crippen LogP) is 0.982. The van der Waals surface area contributed by atoms with Gasteiger partial charge in [0.1, 0.15) is 16.9 Å². The quantitative estimate of drug-likeness (QED) is 0.155. The number of piperidine rings is 2. The summed E-state index contributed by atoms with van der Waals surface area (Å²) < 4.78 is 10.4. The van der Waals surface area contributed by atoms with Crippen LogP contribution in [0.5, 0.6) is 0 Å². The maximum absolute atomic E-state index is 13.6. The average molecular weight is 590 g/mol. The van der Waals surface area contributed by atoms with E-state index >= 15 is 0 Å². The van der Waals surface area contributed by atoms with Crippen molar-refractivity contribution < 1.29 is 34.1 Å². The lowest BCUT2D eigenvalue weighted by Crippen LogP contribution is -2.80. The number of ether oxygens (including phenoxy) is 2. The van der Waals surface area contributed by atoms with Crippen LogP contribution in [0.3, 0.4) is 0 Å². The lowest BCUT2D eigenvalue weighted by atomic mass is 9.54. The molecule has 2 aliphatic heterocycles. The Hall–Kier alpha value is -3.16. The Labute approximate surface area is 248 Å². The second-order valence-electron chi connectivity index (χ2n) is 10.7. The minimum atomic E-state index is -1.71. The van der Waals surface area contributed by atoms with Crippen molar-refractivity contribution in [3.8, 4) is 0 Å². The number of fused-ring (bicyclic) bond motifs is 2. The number of pyridine rings is 1. The van der Waals surface area contributed by atoms with Crippen LogP contribution in [-0.4, -0.2) is 116 Å². The van der Waals surface area contributed by atoms with Gasteiger partial charge in [-0.1, -0.05) is 37.3 Å². The van der Waals surface area contributed by atoms with E-state index in [0.717, 1.165) is 6.54 Å². The molecule has 3 unspecified atom stereocenters. The number of nitrogens with zero attached hydrogens (tertiary/aromatic N) is 3. The van der Waals surface area contributed by atoms with Gasteiger partial charge < -0.3 is 30.7 Å². The molecule has 0 spiro atoms. The second kappa shape index (κ2) is 15.9. The van der Waals surface area contributed by atoms with Gasteiger partial charge in [0.25, 0.3) is 0 Å². The van der Waals surface area contributed by atoms with Crippen LogP contribution in [0.1, 0.15) is 37.9 Å². The van der Waals surface area contributed by atoms with Crippen LogP contribution in [0.2, 0.25) is 0 Å². The summed E-state index contributed by atoms with van der Waals surface area (Å²) in [5.41, 5.74) is 2.79. The van der Waals surface area contributed by atoms with Crippen LogP contribution < -0.4 is 11.1 Å². The molecule has 234 valence electrons. The number of carboxylic acid groups (broad SMARTS) is 1. The van der Waals surface area contributed by atoms with Crippen molar-refractivity contribution in [1.29, 1.82) is 0 Å². The fourth-order valence-corrected chi connectivity index (χ4v) is 6.38. The first-order valence-corrected chi connectivity index (χ1v) is 14.1. The molecule has 5 N–H and O–H groups in total. The molecule has 0 saturated carbocycles. The van der Waals surface area contributed by atoms with Crippen molar-refractivity contribution >= 4 is 17.9 Å². The zero-order valence-corrected chi connectivity index (χ0v) is 25.4. The maximum atomic E-state index is 13.6. The number of nitrogens with two attached hydrogens (primary N) is 1. The highest BCUT2D eigenvalue weighted by atomic mass is 16.5. The molecule has 1 aromatic rings. The molecule has 0 amide bonds. The largest absolute Gasteiger partial charge is 0.480 e. The summed E-state index contributed by atoms with van der Waals surface area (Å²) in [4.78, 5) is 47.3. The Kier molecular flexibility index (Phi) is 13.3. The summed E-state index contributed by atoms with van der Waals surface area (Å²) in [5, 5.41) is 25.0. The number of carboxylic acids is 1. The third-order valence-electron chi connectivity index (χ3n) is 8.51. The third kappa shape index (κ3) is 6.73. The molecule has 6 atom stereocenters. The second-order valence-corrected chi connectivity index (χ2v) is 10.7. The van der Waals surface area contributed by atoms with Crippen LogP contribution in [0.15, 0.2) is 49.2 Å². The van der Waals surface area contributed by atoms with Crippen LogP contribution >= 0.6 is 0 Å². The highest BCUT2D eigenvalue weighted by Gasteiger charge is 2.74. The van der Waals surface area contributed by atoms with Crippen molar-refractivity contribution in [3.63, 3.8) is 0 Å². The smallest absolute Gasteiger partial charge is 0.320 e. The normalized spacial score (nSPS) is 28.3. The number of nitrogens with one attached hydrogen (secondary N) is 1. The SMILES string of the molecule is C=C/C=C\CNC.COC(=O)C12CN(C(CCCCN)C(=O)O)CC(C(=O)OC)([C@H]1O)[C@@H](c1ccccn1)N(C)[C@H]2C. The first-order valence-electron chi connectivity index (χ1n) is 14.1. The molecule has 2 saturated heterocycles. The van der Waals surface area contributed by atoms with Gasteiger partial charge in [-0.25, -0.2) is 0 Å². The summed E-state index contributed by atoms with van der Waals surface area (Å²) in [6, 6.07) is 2.83.